The molecule has 0 aliphatic heterocycles. The van der Waals surface area contributed by atoms with E-state index in [4.69, 9.17) is 9.47 Å². The van der Waals surface area contributed by atoms with Gasteiger partial charge in [0.15, 0.2) is 24.0 Å². The summed E-state index contributed by atoms with van der Waals surface area (Å²) in [7, 11) is 0. The van der Waals surface area contributed by atoms with Gasteiger partial charge in [0.25, 0.3) is 0 Å². The molecule has 0 unspecified atom stereocenters. The molecule has 0 spiro atoms. The van der Waals surface area contributed by atoms with Crippen molar-refractivity contribution in [1.29, 1.82) is 0 Å². The van der Waals surface area contributed by atoms with Crippen LogP contribution in [0.4, 0.5) is 30.7 Å². The van der Waals surface area contributed by atoms with Crippen LogP contribution in [0.15, 0.2) is 48.6 Å². The van der Waals surface area contributed by atoms with Crippen molar-refractivity contribution in [2.75, 3.05) is 13.2 Å². The fourth-order valence-electron chi connectivity index (χ4n) is 2.87. The molecule has 3 aromatic carbocycles. The molecule has 0 fully saturated rings. The minimum atomic E-state index is -4.81. The van der Waals surface area contributed by atoms with Crippen LogP contribution in [-0.4, -0.2) is 25.4 Å². The number of benzene rings is 3. The van der Waals surface area contributed by atoms with Crippen LogP contribution in [0.3, 0.4) is 0 Å². The van der Waals surface area contributed by atoms with Gasteiger partial charge in [-0.1, -0.05) is 12.2 Å². The van der Waals surface area contributed by atoms with E-state index in [1.54, 1.807) is 19.1 Å². The number of hydrogen-bond donors (Lipinski definition) is 0. The van der Waals surface area contributed by atoms with E-state index in [0.29, 0.717) is 6.07 Å². The Morgan fingerprint density at radius 3 is 2.21 bits per heavy atom. The molecule has 3 aromatic rings. The number of carbonyl (C=O) groups excluding carboxylic acids is 1. The average molecular weight is 488 g/mol. The highest BCUT2D eigenvalue weighted by Crippen LogP contribution is 2.33. The summed E-state index contributed by atoms with van der Waals surface area (Å²) >= 11 is 0. The van der Waals surface area contributed by atoms with Gasteiger partial charge in [-0.2, -0.15) is 13.2 Å². The molecule has 0 amide bonds. The molecule has 0 aromatic heterocycles. The second-order valence-corrected chi connectivity index (χ2v) is 6.82. The Morgan fingerprint density at radius 2 is 1.59 bits per heavy atom. The number of esters is 1. The molecule has 34 heavy (non-hydrogen) atoms. The average Bonchev–Trinajstić information content (AvgIpc) is 2.72. The highest BCUT2D eigenvalue weighted by Gasteiger charge is 2.30. The molecule has 180 valence electrons. The Balaban J connectivity index is 1.84. The number of ether oxygens (including phenoxy) is 3. The summed E-state index contributed by atoms with van der Waals surface area (Å²) in [6.07, 6.45) is -1.56. The molecule has 3 rings (SSSR count). The summed E-state index contributed by atoms with van der Waals surface area (Å²) in [4.78, 5) is 12.3. The van der Waals surface area contributed by atoms with E-state index >= 15 is 0 Å². The molecule has 0 bridgehead atoms. The number of allylic oxidation sites excluding steroid dienone is 1. The van der Waals surface area contributed by atoms with E-state index in [9.17, 15) is 35.5 Å². The van der Waals surface area contributed by atoms with E-state index in [2.05, 4.69) is 4.74 Å². The lowest BCUT2D eigenvalue weighted by atomic mass is 10.1. The van der Waals surface area contributed by atoms with Gasteiger partial charge >= 0.3 is 12.1 Å². The highest BCUT2D eigenvalue weighted by atomic mass is 19.4. The molecule has 0 radical (unpaired) electrons. The van der Waals surface area contributed by atoms with Gasteiger partial charge in [0.2, 0.25) is 0 Å². The van der Waals surface area contributed by atoms with Crippen molar-refractivity contribution < 1.29 is 49.7 Å². The van der Waals surface area contributed by atoms with Gasteiger partial charge in [0, 0.05) is 17.5 Å². The Bertz CT molecular complexity index is 1230. The van der Waals surface area contributed by atoms with Crippen LogP contribution in [0.5, 0.6) is 17.2 Å². The fraction of sp³-hybridized carbons (Fsp3) is 0.174. The number of alkyl halides is 3. The molecule has 0 heterocycles. The third-order valence-corrected chi connectivity index (χ3v) is 4.35. The summed E-state index contributed by atoms with van der Waals surface area (Å²) in [5.74, 6) is -8.49. The van der Waals surface area contributed by atoms with Crippen molar-refractivity contribution in [3.05, 3.63) is 77.4 Å². The van der Waals surface area contributed by atoms with Gasteiger partial charge < -0.3 is 14.2 Å². The molecule has 0 atom stereocenters. The van der Waals surface area contributed by atoms with Crippen molar-refractivity contribution in [1.82, 2.24) is 0 Å². The van der Waals surface area contributed by atoms with E-state index in [1.165, 1.54) is 0 Å². The van der Waals surface area contributed by atoms with Crippen LogP contribution in [0.25, 0.3) is 10.8 Å². The van der Waals surface area contributed by atoms with Gasteiger partial charge in [-0.25, -0.2) is 22.4 Å². The van der Waals surface area contributed by atoms with Crippen molar-refractivity contribution in [3.8, 4) is 17.2 Å². The summed E-state index contributed by atoms with van der Waals surface area (Å²) in [5.41, 5.74) is -1.02. The van der Waals surface area contributed by atoms with E-state index in [-0.39, 0.29) is 28.9 Å². The SMILES string of the molecule is CC=CCOc1cc(F)c(C(=O)Oc2ccc3c(F)c(OCC(F)(F)F)c(F)cc3c2)c(F)c1. The maximum atomic E-state index is 14.5. The maximum Gasteiger partial charge on any atom is 0.422 e. The molecule has 0 aliphatic rings. The third-order valence-electron chi connectivity index (χ3n) is 4.35. The monoisotopic (exact) mass is 488 g/mol. The zero-order chi connectivity index (χ0) is 25.0. The largest absolute Gasteiger partial charge is 0.489 e. The summed E-state index contributed by atoms with van der Waals surface area (Å²) in [6.45, 7) is -0.134. The minimum absolute atomic E-state index is 0.0480. The summed E-state index contributed by atoms with van der Waals surface area (Å²) in [6, 6.07) is 5.21. The summed E-state index contributed by atoms with van der Waals surface area (Å²) in [5, 5.41) is -0.535. The zero-order valence-corrected chi connectivity index (χ0v) is 17.3. The highest BCUT2D eigenvalue weighted by molar-refractivity contribution is 5.93. The Labute approximate surface area is 188 Å². The van der Waals surface area contributed by atoms with Crippen LogP contribution in [0.1, 0.15) is 17.3 Å². The smallest absolute Gasteiger partial charge is 0.422 e. The quantitative estimate of drug-likeness (QED) is 0.165. The second kappa shape index (κ2) is 10.0. The zero-order valence-electron chi connectivity index (χ0n) is 17.3. The lowest BCUT2D eigenvalue weighted by Gasteiger charge is -2.13. The molecule has 11 heteroatoms. The Morgan fingerprint density at radius 1 is 0.912 bits per heavy atom. The molecule has 0 saturated heterocycles. The first kappa shape index (κ1) is 24.9. The Kier molecular flexibility index (Phi) is 7.33. The number of rotatable bonds is 7. The standard InChI is InChI=1S/C23H15F7O4/c1-2-3-6-32-14-9-16(24)19(17(25)10-14)22(31)34-13-4-5-15-12(7-13)8-18(26)21(20(15)27)33-11-23(28,29)30/h2-5,7-10H,6,11H2,1H3. The molecule has 0 N–H and O–H groups in total. The lowest BCUT2D eigenvalue weighted by molar-refractivity contribution is -0.154. The van der Waals surface area contributed by atoms with Gasteiger partial charge in [0.05, 0.1) is 0 Å². The minimum Gasteiger partial charge on any atom is -0.489 e. The molecule has 0 aliphatic carbocycles. The van der Waals surface area contributed by atoms with Crippen LogP contribution in [0.2, 0.25) is 0 Å². The predicted molar refractivity (Wildman–Crippen MR) is 107 cm³/mol. The van der Waals surface area contributed by atoms with Gasteiger partial charge in [-0.3, -0.25) is 0 Å². The molecular weight excluding hydrogens is 473 g/mol. The van der Waals surface area contributed by atoms with E-state index < -0.39 is 53.3 Å². The number of halogens is 7. The lowest BCUT2D eigenvalue weighted by Crippen LogP contribution is -2.20. The maximum absolute atomic E-state index is 14.5. The van der Waals surface area contributed by atoms with Gasteiger partial charge in [0.1, 0.15) is 35.3 Å². The third kappa shape index (κ3) is 5.77. The van der Waals surface area contributed by atoms with Crippen molar-refractivity contribution in [2.45, 2.75) is 13.1 Å². The van der Waals surface area contributed by atoms with E-state index in [1.807, 2.05) is 0 Å². The topological polar surface area (TPSA) is 44.8 Å². The molecule has 0 saturated carbocycles. The van der Waals surface area contributed by atoms with Crippen LogP contribution in [-0.2, 0) is 0 Å². The van der Waals surface area contributed by atoms with Crippen molar-refractivity contribution in [2.24, 2.45) is 0 Å². The van der Waals surface area contributed by atoms with Gasteiger partial charge in [-0.05, 0) is 36.6 Å². The van der Waals surface area contributed by atoms with Crippen LogP contribution >= 0.6 is 0 Å². The molecular formula is C23H15F7O4. The van der Waals surface area contributed by atoms with Crippen LogP contribution < -0.4 is 14.2 Å². The number of fused-ring (bicyclic) bond motifs is 1. The fourth-order valence-corrected chi connectivity index (χ4v) is 2.87. The Hall–Kier alpha value is -3.76. The predicted octanol–water partition coefficient (Wildman–Crippen LogP) is 6.51. The molecule has 4 nitrogen and oxygen atoms in total. The van der Waals surface area contributed by atoms with Crippen molar-refractivity contribution in [3.63, 3.8) is 0 Å². The number of hydrogen-bond acceptors (Lipinski definition) is 4. The summed E-state index contributed by atoms with van der Waals surface area (Å²) < 4.78 is 108. The first-order chi connectivity index (χ1) is 16.0. The van der Waals surface area contributed by atoms with Gasteiger partial charge in [-0.15, -0.1) is 0 Å². The van der Waals surface area contributed by atoms with E-state index in [0.717, 1.165) is 30.3 Å². The van der Waals surface area contributed by atoms with Crippen molar-refractivity contribution >= 4 is 16.7 Å². The van der Waals surface area contributed by atoms with Crippen LogP contribution in [0, 0.1) is 23.3 Å². The first-order valence-corrected chi connectivity index (χ1v) is 9.56. The normalized spacial score (nSPS) is 11.8. The second-order valence-electron chi connectivity index (χ2n) is 6.82. The first-order valence-electron chi connectivity index (χ1n) is 9.56. The number of carbonyl (C=O) groups is 1.